The van der Waals surface area contributed by atoms with Crippen molar-refractivity contribution in [2.75, 3.05) is 0 Å². The van der Waals surface area contributed by atoms with Crippen LogP contribution in [0.15, 0.2) is 54.7 Å². The second-order valence-electron chi connectivity index (χ2n) is 6.18. The summed E-state index contributed by atoms with van der Waals surface area (Å²) in [7, 11) is 0. The molecule has 3 rings (SSSR count). The van der Waals surface area contributed by atoms with Crippen molar-refractivity contribution in [3.63, 3.8) is 0 Å². The maximum absolute atomic E-state index is 9.13. The SMILES string of the molecule is CCC(C)c1ccc(-c2cccc(C#N)c2)cc1-n1ccc(C)n1. The molecule has 1 aromatic heterocycles. The van der Waals surface area contributed by atoms with E-state index in [2.05, 4.69) is 43.2 Å². The fraction of sp³-hybridized carbons (Fsp3) is 0.238. The van der Waals surface area contributed by atoms with E-state index in [-0.39, 0.29) is 0 Å². The predicted molar refractivity (Wildman–Crippen MR) is 97.2 cm³/mol. The molecule has 0 spiro atoms. The highest BCUT2D eigenvalue weighted by atomic mass is 15.3. The van der Waals surface area contributed by atoms with Gasteiger partial charge in [-0.25, -0.2) is 4.68 Å². The van der Waals surface area contributed by atoms with Crippen LogP contribution in [0.1, 0.15) is 43.0 Å². The number of rotatable bonds is 4. The van der Waals surface area contributed by atoms with E-state index in [1.165, 1.54) is 5.56 Å². The van der Waals surface area contributed by atoms with Crippen molar-refractivity contribution in [2.45, 2.75) is 33.1 Å². The summed E-state index contributed by atoms with van der Waals surface area (Å²) in [5, 5.41) is 13.7. The lowest BCUT2D eigenvalue weighted by Gasteiger charge is -2.17. The third-order valence-electron chi connectivity index (χ3n) is 4.47. The molecule has 2 aromatic carbocycles. The van der Waals surface area contributed by atoms with E-state index < -0.39 is 0 Å². The number of nitriles is 1. The van der Waals surface area contributed by atoms with Crippen LogP contribution in [0.2, 0.25) is 0 Å². The average Bonchev–Trinajstić information content (AvgIpc) is 3.07. The zero-order valence-corrected chi connectivity index (χ0v) is 14.3. The highest BCUT2D eigenvalue weighted by Gasteiger charge is 2.13. The lowest BCUT2D eigenvalue weighted by molar-refractivity contribution is 0.716. The van der Waals surface area contributed by atoms with E-state index in [0.29, 0.717) is 11.5 Å². The zero-order chi connectivity index (χ0) is 17.1. The summed E-state index contributed by atoms with van der Waals surface area (Å²) in [6, 6.07) is 18.4. The van der Waals surface area contributed by atoms with Crippen molar-refractivity contribution in [1.29, 1.82) is 5.26 Å². The number of nitrogens with zero attached hydrogens (tertiary/aromatic N) is 3. The van der Waals surface area contributed by atoms with Crippen LogP contribution < -0.4 is 0 Å². The molecule has 1 unspecified atom stereocenters. The summed E-state index contributed by atoms with van der Waals surface area (Å²) < 4.78 is 1.95. The summed E-state index contributed by atoms with van der Waals surface area (Å²) in [5.41, 5.74) is 6.23. The van der Waals surface area contributed by atoms with Gasteiger partial charge in [0.05, 0.1) is 23.0 Å². The zero-order valence-electron chi connectivity index (χ0n) is 14.3. The maximum Gasteiger partial charge on any atom is 0.0991 e. The van der Waals surface area contributed by atoms with Crippen molar-refractivity contribution in [3.05, 3.63) is 71.5 Å². The van der Waals surface area contributed by atoms with Crippen molar-refractivity contribution < 1.29 is 0 Å². The summed E-state index contributed by atoms with van der Waals surface area (Å²) in [4.78, 5) is 0. The molecule has 0 saturated heterocycles. The Bertz CT molecular complexity index is 899. The van der Waals surface area contributed by atoms with Gasteiger partial charge in [0.25, 0.3) is 0 Å². The van der Waals surface area contributed by atoms with Crippen LogP contribution in [0.5, 0.6) is 0 Å². The Kier molecular flexibility index (Phi) is 4.48. The third-order valence-corrected chi connectivity index (χ3v) is 4.47. The number of hydrogen-bond donors (Lipinski definition) is 0. The molecular weight excluding hydrogens is 294 g/mol. The Balaban J connectivity index is 2.15. The molecule has 1 heterocycles. The minimum absolute atomic E-state index is 0.462. The smallest absolute Gasteiger partial charge is 0.0991 e. The van der Waals surface area contributed by atoms with E-state index in [4.69, 9.17) is 5.26 Å². The molecule has 1 atom stereocenters. The first-order chi connectivity index (χ1) is 11.6. The van der Waals surface area contributed by atoms with Crippen LogP contribution in [0, 0.1) is 18.3 Å². The normalized spacial score (nSPS) is 11.9. The molecule has 0 aliphatic carbocycles. The molecule has 3 nitrogen and oxygen atoms in total. The number of benzene rings is 2. The van der Waals surface area contributed by atoms with Crippen LogP contribution in [-0.4, -0.2) is 9.78 Å². The van der Waals surface area contributed by atoms with E-state index in [0.717, 1.165) is 28.9 Å². The van der Waals surface area contributed by atoms with Gasteiger partial charge in [0.2, 0.25) is 0 Å². The molecule has 0 N–H and O–H groups in total. The van der Waals surface area contributed by atoms with Crippen LogP contribution in [0.4, 0.5) is 0 Å². The first kappa shape index (κ1) is 16.0. The average molecular weight is 315 g/mol. The quantitative estimate of drug-likeness (QED) is 0.661. The van der Waals surface area contributed by atoms with Crippen LogP contribution in [0.25, 0.3) is 16.8 Å². The standard InChI is InChI=1S/C21H21N3/c1-4-15(2)20-9-8-19(18-7-5-6-17(12-18)14-22)13-21(20)24-11-10-16(3)23-24/h5-13,15H,4H2,1-3H3. The molecule has 0 fully saturated rings. The third kappa shape index (κ3) is 3.09. The fourth-order valence-electron chi connectivity index (χ4n) is 2.88. The van der Waals surface area contributed by atoms with Gasteiger partial charge in [0.15, 0.2) is 0 Å². The molecule has 120 valence electrons. The van der Waals surface area contributed by atoms with Crippen LogP contribution in [-0.2, 0) is 0 Å². The van der Waals surface area contributed by atoms with Crippen molar-refractivity contribution in [1.82, 2.24) is 9.78 Å². The van der Waals surface area contributed by atoms with Crippen LogP contribution in [0.3, 0.4) is 0 Å². The molecule has 0 bridgehead atoms. The molecule has 0 aliphatic heterocycles. The minimum Gasteiger partial charge on any atom is -0.240 e. The Hall–Kier alpha value is -2.86. The molecule has 0 saturated carbocycles. The second kappa shape index (κ2) is 6.72. The van der Waals surface area contributed by atoms with Gasteiger partial charge >= 0.3 is 0 Å². The molecule has 0 amide bonds. The van der Waals surface area contributed by atoms with Gasteiger partial charge in [-0.15, -0.1) is 0 Å². The Morgan fingerprint density at radius 3 is 2.58 bits per heavy atom. The van der Waals surface area contributed by atoms with E-state index >= 15 is 0 Å². The highest BCUT2D eigenvalue weighted by molar-refractivity contribution is 5.69. The summed E-state index contributed by atoms with van der Waals surface area (Å²) >= 11 is 0. The van der Waals surface area contributed by atoms with Crippen molar-refractivity contribution in [2.24, 2.45) is 0 Å². The lowest BCUT2D eigenvalue weighted by atomic mass is 9.93. The largest absolute Gasteiger partial charge is 0.240 e. The number of hydrogen-bond acceptors (Lipinski definition) is 2. The van der Waals surface area contributed by atoms with Crippen LogP contribution >= 0.6 is 0 Å². The second-order valence-corrected chi connectivity index (χ2v) is 6.18. The fourth-order valence-corrected chi connectivity index (χ4v) is 2.88. The summed E-state index contributed by atoms with van der Waals surface area (Å²) in [5.74, 6) is 0.462. The number of aromatic nitrogens is 2. The van der Waals surface area contributed by atoms with Gasteiger partial charge in [-0.2, -0.15) is 10.4 Å². The van der Waals surface area contributed by atoms with Gasteiger partial charge in [-0.3, -0.25) is 0 Å². The minimum atomic E-state index is 0.462. The Morgan fingerprint density at radius 1 is 1.12 bits per heavy atom. The molecule has 24 heavy (non-hydrogen) atoms. The van der Waals surface area contributed by atoms with Gasteiger partial charge in [-0.1, -0.05) is 38.1 Å². The Morgan fingerprint density at radius 2 is 1.92 bits per heavy atom. The molecule has 3 heteroatoms. The molecule has 0 radical (unpaired) electrons. The lowest BCUT2D eigenvalue weighted by Crippen LogP contribution is -2.04. The first-order valence-corrected chi connectivity index (χ1v) is 8.29. The molecular formula is C21H21N3. The van der Waals surface area contributed by atoms with Gasteiger partial charge in [0, 0.05) is 6.20 Å². The molecule has 3 aromatic rings. The summed E-state index contributed by atoms with van der Waals surface area (Å²) in [6.45, 7) is 6.44. The summed E-state index contributed by atoms with van der Waals surface area (Å²) in [6.07, 6.45) is 3.09. The monoisotopic (exact) mass is 315 g/mol. The van der Waals surface area contributed by atoms with Gasteiger partial charge in [0.1, 0.15) is 0 Å². The Labute approximate surface area is 143 Å². The maximum atomic E-state index is 9.13. The van der Waals surface area contributed by atoms with Crippen molar-refractivity contribution >= 4 is 0 Å². The highest BCUT2D eigenvalue weighted by Crippen LogP contribution is 2.30. The van der Waals surface area contributed by atoms with Gasteiger partial charge in [-0.05, 0) is 60.2 Å². The number of aryl methyl sites for hydroxylation is 1. The van der Waals surface area contributed by atoms with E-state index in [1.54, 1.807) is 0 Å². The van der Waals surface area contributed by atoms with E-state index in [1.807, 2.05) is 48.1 Å². The molecule has 0 aliphatic rings. The first-order valence-electron chi connectivity index (χ1n) is 8.29. The van der Waals surface area contributed by atoms with Gasteiger partial charge < -0.3 is 0 Å². The predicted octanol–water partition coefficient (Wildman–Crippen LogP) is 5.23. The van der Waals surface area contributed by atoms with E-state index in [9.17, 15) is 0 Å². The van der Waals surface area contributed by atoms with Crippen molar-refractivity contribution in [3.8, 4) is 22.9 Å². The topological polar surface area (TPSA) is 41.6 Å².